The van der Waals surface area contributed by atoms with Gasteiger partial charge < -0.3 is 10.4 Å². The van der Waals surface area contributed by atoms with Crippen molar-refractivity contribution in [3.05, 3.63) is 0 Å². The van der Waals surface area contributed by atoms with Gasteiger partial charge in [0, 0.05) is 18.6 Å². The van der Waals surface area contributed by atoms with Crippen molar-refractivity contribution in [2.24, 2.45) is 10.9 Å². The second kappa shape index (κ2) is 8.56. The van der Waals surface area contributed by atoms with Crippen LogP contribution in [0.3, 0.4) is 0 Å². The van der Waals surface area contributed by atoms with Crippen LogP contribution in [-0.4, -0.2) is 30.1 Å². The van der Waals surface area contributed by atoms with Crippen molar-refractivity contribution in [3.8, 4) is 0 Å². The highest BCUT2D eigenvalue weighted by Gasteiger charge is 2.13. The molecule has 0 aromatic heterocycles. The molecule has 1 rings (SSSR count). The molecule has 0 aromatic carbocycles. The normalized spacial score (nSPS) is 20.0. The molecule has 0 aliphatic carbocycles. The van der Waals surface area contributed by atoms with E-state index in [-0.39, 0.29) is 37.1 Å². The monoisotopic (exact) mass is 228 g/mol. The number of nitrogens with zero attached hydrogens (tertiary/aromatic N) is 2. The average molecular weight is 229 g/mol. The lowest BCUT2D eigenvalue weighted by Crippen LogP contribution is -2.41. The highest BCUT2D eigenvalue weighted by atomic mass is 35.5. The number of amidine groups is 1. The largest absolute Gasteiger partial charge is 0.389 e. The fourth-order valence-corrected chi connectivity index (χ4v) is 0.933. The predicted octanol–water partition coefficient (Wildman–Crippen LogP) is 0.368. The first-order valence-electron chi connectivity index (χ1n) is 3.66. The molecule has 0 bridgehead atoms. The Labute approximate surface area is 91.6 Å². The first kappa shape index (κ1) is 18.7. The summed E-state index contributed by atoms with van der Waals surface area (Å²) in [6, 6.07) is 0. The molecule has 6 heteroatoms. The predicted molar refractivity (Wildman–Crippen MR) is 57.8 cm³/mol. The lowest BCUT2D eigenvalue weighted by molar-refractivity contribution is 0.180. The third-order valence-electron chi connectivity index (χ3n) is 1.54. The zero-order valence-electron chi connectivity index (χ0n) is 7.73. The van der Waals surface area contributed by atoms with Crippen molar-refractivity contribution in [1.29, 1.82) is 0 Å². The van der Waals surface area contributed by atoms with E-state index < -0.39 is 0 Å². The van der Waals surface area contributed by atoms with Crippen LogP contribution in [0, 0.1) is 5.92 Å². The summed E-state index contributed by atoms with van der Waals surface area (Å²) in [6.07, 6.45) is -0.289. The first-order chi connectivity index (χ1) is 4.70. The van der Waals surface area contributed by atoms with Gasteiger partial charge in [-0.25, -0.2) is 0 Å². The molecule has 2 N–H and O–H groups in total. The number of halogens is 2. The Morgan fingerprint density at radius 1 is 1.46 bits per heavy atom. The molecule has 79 valence electrons. The molecule has 1 heterocycles. The highest BCUT2D eigenvalue weighted by molar-refractivity contribution is 5.85. The zero-order valence-corrected chi connectivity index (χ0v) is 9.36. The third-order valence-corrected chi connectivity index (χ3v) is 1.54. The maximum Gasteiger partial charge on any atom is 0.0990 e. The SMILES string of the molecule is CC(C)C1=NCC(O)CN1.Cl.Cl.[N]. The molecule has 1 aliphatic rings. The van der Waals surface area contributed by atoms with Gasteiger partial charge in [-0.15, -0.1) is 24.8 Å². The highest BCUT2D eigenvalue weighted by Crippen LogP contribution is 1.99. The maximum absolute atomic E-state index is 9.04. The molecule has 1 atom stereocenters. The summed E-state index contributed by atoms with van der Waals surface area (Å²) < 4.78 is 0. The third kappa shape index (κ3) is 6.10. The van der Waals surface area contributed by atoms with E-state index in [0.717, 1.165) is 5.84 Å². The number of nitrogens with one attached hydrogen (secondary N) is 1. The molecule has 4 nitrogen and oxygen atoms in total. The summed E-state index contributed by atoms with van der Waals surface area (Å²) in [6.45, 7) is 5.38. The van der Waals surface area contributed by atoms with E-state index in [0.29, 0.717) is 19.0 Å². The summed E-state index contributed by atoms with van der Waals surface area (Å²) in [5.74, 6) is 1.47. The van der Waals surface area contributed by atoms with Crippen molar-refractivity contribution in [2.75, 3.05) is 13.1 Å². The van der Waals surface area contributed by atoms with Crippen molar-refractivity contribution >= 4 is 30.6 Å². The lowest BCUT2D eigenvalue weighted by atomic mass is 10.1. The molecular weight excluding hydrogens is 213 g/mol. The van der Waals surface area contributed by atoms with Crippen LogP contribution < -0.4 is 11.5 Å². The Balaban J connectivity index is -0.000000333. The molecule has 1 unspecified atom stereocenters. The fourth-order valence-electron chi connectivity index (χ4n) is 0.933. The zero-order chi connectivity index (χ0) is 7.56. The van der Waals surface area contributed by atoms with Crippen LogP contribution in [0.1, 0.15) is 13.8 Å². The number of aliphatic hydroxyl groups is 1. The summed E-state index contributed by atoms with van der Waals surface area (Å²) in [5, 5.41) is 12.1. The van der Waals surface area contributed by atoms with E-state index in [2.05, 4.69) is 24.2 Å². The van der Waals surface area contributed by atoms with Gasteiger partial charge in [0.05, 0.1) is 18.5 Å². The minimum Gasteiger partial charge on any atom is -0.389 e. The molecule has 0 saturated carbocycles. The number of rotatable bonds is 1. The Morgan fingerprint density at radius 3 is 2.31 bits per heavy atom. The van der Waals surface area contributed by atoms with Gasteiger partial charge in [-0.2, -0.15) is 0 Å². The van der Waals surface area contributed by atoms with E-state index in [4.69, 9.17) is 5.11 Å². The van der Waals surface area contributed by atoms with Gasteiger partial charge in [0.2, 0.25) is 0 Å². The Morgan fingerprint density at radius 2 is 2.00 bits per heavy atom. The smallest absolute Gasteiger partial charge is 0.0990 e. The minimum atomic E-state index is -0.289. The second-order valence-corrected chi connectivity index (χ2v) is 2.92. The van der Waals surface area contributed by atoms with Crippen LogP contribution in [0.15, 0.2) is 4.99 Å². The van der Waals surface area contributed by atoms with Crippen LogP contribution in [0.2, 0.25) is 0 Å². The van der Waals surface area contributed by atoms with Gasteiger partial charge in [0.1, 0.15) is 0 Å². The molecule has 0 spiro atoms. The molecule has 3 radical (unpaired) electrons. The standard InChI is InChI=1S/C7H14N2O.2ClH.N/c1-5(2)7-8-3-6(10)4-9-7;;;/h5-6,10H,3-4H2,1-2H3,(H,8,9);2*1H;. The molecule has 0 fully saturated rings. The molecule has 1 aliphatic heterocycles. The topological polar surface area (TPSA) is 75.1 Å². The van der Waals surface area contributed by atoms with Gasteiger partial charge in [-0.3, -0.25) is 4.99 Å². The summed E-state index contributed by atoms with van der Waals surface area (Å²) in [7, 11) is 0. The Hall–Kier alpha value is -0.0300. The number of aliphatic imine (C=N–C) groups is 1. The summed E-state index contributed by atoms with van der Waals surface area (Å²) in [4.78, 5) is 4.17. The minimum absolute atomic E-state index is 0. The van der Waals surface area contributed by atoms with Gasteiger partial charge in [0.15, 0.2) is 0 Å². The first-order valence-corrected chi connectivity index (χ1v) is 3.66. The fraction of sp³-hybridized carbons (Fsp3) is 0.857. The van der Waals surface area contributed by atoms with E-state index in [1.807, 2.05) is 0 Å². The van der Waals surface area contributed by atoms with Crippen molar-refractivity contribution in [3.63, 3.8) is 0 Å². The molecule has 0 amide bonds. The lowest BCUT2D eigenvalue weighted by Gasteiger charge is -2.20. The van der Waals surface area contributed by atoms with Crippen LogP contribution in [-0.2, 0) is 0 Å². The average Bonchev–Trinajstić information content (AvgIpc) is 1.88. The number of hydrogen-bond donors (Lipinski definition) is 2. The Bertz CT molecular complexity index is 153. The summed E-state index contributed by atoms with van der Waals surface area (Å²) >= 11 is 0. The number of hydrogen-bond acceptors (Lipinski definition) is 3. The van der Waals surface area contributed by atoms with E-state index in [9.17, 15) is 0 Å². The Kier molecular flexibility index (Phi) is 12.3. The van der Waals surface area contributed by atoms with Crippen LogP contribution in [0.5, 0.6) is 0 Å². The van der Waals surface area contributed by atoms with Gasteiger partial charge in [-0.05, 0) is 0 Å². The van der Waals surface area contributed by atoms with Crippen molar-refractivity contribution in [2.45, 2.75) is 20.0 Å². The summed E-state index contributed by atoms with van der Waals surface area (Å²) in [5.41, 5.74) is 0. The molecule has 0 saturated heterocycles. The van der Waals surface area contributed by atoms with E-state index in [1.165, 1.54) is 0 Å². The van der Waals surface area contributed by atoms with Crippen molar-refractivity contribution in [1.82, 2.24) is 11.5 Å². The van der Waals surface area contributed by atoms with E-state index in [1.54, 1.807) is 0 Å². The van der Waals surface area contributed by atoms with Crippen LogP contribution >= 0.6 is 24.8 Å². The van der Waals surface area contributed by atoms with Gasteiger partial charge in [-0.1, -0.05) is 13.8 Å². The number of β-amino-alcohol motifs (C(OH)–C–C–N with tert-alkyl or cyclic N) is 1. The maximum atomic E-state index is 9.04. The van der Waals surface area contributed by atoms with Gasteiger partial charge >= 0.3 is 0 Å². The second-order valence-electron chi connectivity index (χ2n) is 2.92. The quantitative estimate of drug-likeness (QED) is 0.681. The molecule has 0 aromatic rings. The number of aliphatic hydroxyl groups excluding tert-OH is 1. The van der Waals surface area contributed by atoms with Crippen molar-refractivity contribution < 1.29 is 5.11 Å². The van der Waals surface area contributed by atoms with E-state index >= 15 is 0 Å². The van der Waals surface area contributed by atoms with Gasteiger partial charge in [0.25, 0.3) is 0 Å². The molecule has 13 heavy (non-hydrogen) atoms. The van der Waals surface area contributed by atoms with Crippen LogP contribution in [0.4, 0.5) is 0 Å². The molecular formula is C7H16Cl2N3O. The van der Waals surface area contributed by atoms with Crippen LogP contribution in [0.25, 0.3) is 0 Å².